The van der Waals surface area contributed by atoms with Crippen LogP contribution in [0, 0.1) is 12.8 Å². The summed E-state index contributed by atoms with van der Waals surface area (Å²) in [4.78, 5) is 28.3. The SMILES string of the molecule is Cc1ccsc1C1CC1C(=O)Nc1ccc(C(N)=O)nc1. The van der Waals surface area contributed by atoms with Gasteiger partial charge in [0.1, 0.15) is 5.69 Å². The average Bonchev–Trinajstić information content (AvgIpc) is 3.14. The maximum absolute atomic E-state index is 12.2. The maximum atomic E-state index is 12.2. The van der Waals surface area contributed by atoms with E-state index in [1.165, 1.54) is 22.7 Å². The molecule has 1 aliphatic carbocycles. The van der Waals surface area contributed by atoms with E-state index in [0.717, 1.165) is 6.42 Å². The van der Waals surface area contributed by atoms with Crippen molar-refractivity contribution >= 4 is 28.8 Å². The van der Waals surface area contributed by atoms with Crippen molar-refractivity contribution in [1.82, 2.24) is 4.98 Å². The molecule has 2 heterocycles. The number of anilines is 1. The third-order valence-corrected chi connectivity index (χ3v) is 4.80. The number of primary amides is 1. The highest BCUT2D eigenvalue weighted by molar-refractivity contribution is 7.10. The van der Waals surface area contributed by atoms with Crippen molar-refractivity contribution in [2.45, 2.75) is 19.3 Å². The van der Waals surface area contributed by atoms with Gasteiger partial charge in [-0.15, -0.1) is 11.3 Å². The Kier molecular flexibility index (Phi) is 3.47. The second-order valence-corrected chi connectivity index (χ2v) is 6.15. The number of rotatable bonds is 4. The van der Waals surface area contributed by atoms with Gasteiger partial charge < -0.3 is 11.1 Å². The van der Waals surface area contributed by atoms with Gasteiger partial charge in [0.15, 0.2) is 0 Å². The van der Waals surface area contributed by atoms with Crippen molar-refractivity contribution in [2.24, 2.45) is 11.7 Å². The number of nitrogens with two attached hydrogens (primary N) is 1. The van der Waals surface area contributed by atoms with Crippen molar-refractivity contribution < 1.29 is 9.59 Å². The Morgan fingerprint density at radius 1 is 1.38 bits per heavy atom. The van der Waals surface area contributed by atoms with Gasteiger partial charge in [0.2, 0.25) is 5.91 Å². The molecule has 0 radical (unpaired) electrons. The fourth-order valence-electron chi connectivity index (χ4n) is 2.39. The van der Waals surface area contributed by atoms with Crippen LogP contribution in [0.4, 0.5) is 5.69 Å². The first-order chi connectivity index (χ1) is 10.1. The molecule has 1 aliphatic rings. The van der Waals surface area contributed by atoms with Crippen LogP contribution in [0.1, 0.15) is 33.3 Å². The molecule has 2 aromatic rings. The third-order valence-electron chi connectivity index (χ3n) is 3.65. The van der Waals surface area contributed by atoms with E-state index in [2.05, 4.69) is 28.7 Å². The smallest absolute Gasteiger partial charge is 0.267 e. The highest BCUT2D eigenvalue weighted by Gasteiger charge is 2.45. The van der Waals surface area contributed by atoms with Crippen molar-refractivity contribution in [3.63, 3.8) is 0 Å². The minimum Gasteiger partial charge on any atom is -0.364 e. The molecule has 2 unspecified atom stereocenters. The lowest BCUT2D eigenvalue weighted by Crippen LogP contribution is -2.16. The van der Waals surface area contributed by atoms with Crippen molar-refractivity contribution in [1.29, 1.82) is 0 Å². The minimum atomic E-state index is -0.580. The first kappa shape index (κ1) is 13.8. The summed E-state index contributed by atoms with van der Waals surface area (Å²) < 4.78 is 0. The first-order valence-electron chi connectivity index (χ1n) is 6.67. The van der Waals surface area contributed by atoms with Gasteiger partial charge in [-0.05, 0) is 42.5 Å². The van der Waals surface area contributed by atoms with Gasteiger partial charge in [-0.1, -0.05) is 0 Å². The molecule has 108 valence electrons. The zero-order valence-corrected chi connectivity index (χ0v) is 12.3. The van der Waals surface area contributed by atoms with Crippen LogP contribution in [-0.4, -0.2) is 16.8 Å². The molecule has 2 aromatic heterocycles. The number of amides is 2. The summed E-state index contributed by atoms with van der Waals surface area (Å²) in [7, 11) is 0. The third kappa shape index (κ3) is 2.80. The standard InChI is InChI=1S/C15H15N3O2S/c1-8-4-5-21-13(8)10-6-11(10)15(20)18-9-2-3-12(14(16)19)17-7-9/h2-5,7,10-11H,6H2,1H3,(H2,16,19)(H,18,20). The Bertz CT molecular complexity index is 693. The summed E-state index contributed by atoms with van der Waals surface area (Å²) in [5, 5.41) is 4.89. The molecule has 3 rings (SSSR count). The fraction of sp³-hybridized carbons (Fsp3) is 0.267. The Hall–Kier alpha value is -2.21. The van der Waals surface area contributed by atoms with Crippen LogP contribution in [0.25, 0.3) is 0 Å². The van der Waals surface area contributed by atoms with Gasteiger partial charge in [0.05, 0.1) is 11.9 Å². The van der Waals surface area contributed by atoms with E-state index in [4.69, 9.17) is 5.73 Å². The Morgan fingerprint density at radius 2 is 2.19 bits per heavy atom. The molecular formula is C15H15N3O2S. The van der Waals surface area contributed by atoms with E-state index >= 15 is 0 Å². The van der Waals surface area contributed by atoms with Crippen molar-refractivity contribution in [3.8, 4) is 0 Å². The summed E-state index contributed by atoms with van der Waals surface area (Å²) in [6.07, 6.45) is 2.34. The Balaban J connectivity index is 1.63. The van der Waals surface area contributed by atoms with E-state index in [0.29, 0.717) is 11.6 Å². The largest absolute Gasteiger partial charge is 0.364 e. The Labute approximate surface area is 126 Å². The van der Waals surface area contributed by atoms with Gasteiger partial charge in [-0.25, -0.2) is 4.98 Å². The van der Waals surface area contributed by atoms with Crippen LogP contribution in [0.5, 0.6) is 0 Å². The summed E-state index contributed by atoms with van der Waals surface area (Å²) >= 11 is 1.71. The molecule has 2 amide bonds. The topological polar surface area (TPSA) is 85.1 Å². The predicted octanol–water partition coefficient (Wildman–Crippen LogP) is 2.29. The van der Waals surface area contributed by atoms with Crippen molar-refractivity contribution in [2.75, 3.05) is 5.32 Å². The van der Waals surface area contributed by atoms with E-state index in [9.17, 15) is 9.59 Å². The lowest BCUT2D eigenvalue weighted by Gasteiger charge is -2.05. The molecule has 0 spiro atoms. The lowest BCUT2D eigenvalue weighted by molar-refractivity contribution is -0.117. The molecule has 2 atom stereocenters. The van der Waals surface area contributed by atoms with Crippen LogP contribution >= 0.6 is 11.3 Å². The van der Waals surface area contributed by atoms with E-state index in [1.807, 2.05) is 0 Å². The van der Waals surface area contributed by atoms with Gasteiger partial charge in [-0.3, -0.25) is 9.59 Å². The molecule has 0 saturated heterocycles. The number of pyridine rings is 1. The van der Waals surface area contributed by atoms with Gasteiger partial charge in [0.25, 0.3) is 5.91 Å². The van der Waals surface area contributed by atoms with Crippen LogP contribution in [0.3, 0.4) is 0 Å². The van der Waals surface area contributed by atoms with Crippen LogP contribution in [0.2, 0.25) is 0 Å². The van der Waals surface area contributed by atoms with E-state index in [-0.39, 0.29) is 17.5 Å². The number of aryl methyl sites for hydroxylation is 1. The highest BCUT2D eigenvalue weighted by atomic mass is 32.1. The van der Waals surface area contributed by atoms with Gasteiger partial charge in [0, 0.05) is 16.7 Å². The molecule has 5 nitrogen and oxygen atoms in total. The molecule has 3 N–H and O–H groups in total. The summed E-state index contributed by atoms with van der Waals surface area (Å²) in [5.41, 5.74) is 7.15. The summed E-state index contributed by atoms with van der Waals surface area (Å²) in [6.45, 7) is 2.07. The lowest BCUT2D eigenvalue weighted by atomic mass is 10.2. The number of hydrogen-bond acceptors (Lipinski definition) is 4. The molecule has 1 fully saturated rings. The molecule has 0 bridgehead atoms. The highest BCUT2D eigenvalue weighted by Crippen LogP contribution is 2.50. The zero-order chi connectivity index (χ0) is 15.0. The molecule has 0 aromatic carbocycles. The molecule has 1 saturated carbocycles. The number of nitrogens with zero attached hydrogens (tertiary/aromatic N) is 1. The molecule has 0 aliphatic heterocycles. The fourth-order valence-corrected chi connectivity index (χ4v) is 3.50. The monoisotopic (exact) mass is 301 g/mol. The number of hydrogen-bond donors (Lipinski definition) is 2. The molecule has 21 heavy (non-hydrogen) atoms. The second-order valence-electron chi connectivity index (χ2n) is 5.20. The summed E-state index contributed by atoms with van der Waals surface area (Å²) in [5.74, 6) is -0.217. The predicted molar refractivity (Wildman–Crippen MR) is 81.3 cm³/mol. The number of aromatic nitrogens is 1. The van der Waals surface area contributed by atoms with E-state index < -0.39 is 5.91 Å². The quantitative estimate of drug-likeness (QED) is 0.908. The zero-order valence-electron chi connectivity index (χ0n) is 11.5. The van der Waals surface area contributed by atoms with Crippen LogP contribution in [0.15, 0.2) is 29.8 Å². The normalized spacial score (nSPS) is 20.0. The summed E-state index contributed by atoms with van der Waals surface area (Å²) in [6, 6.07) is 5.23. The number of carbonyl (C=O) groups is 2. The van der Waals surface area contributed by atoms with Crippen LogP contribution in [-0.2, 0) is 4.79 Å². The maximum Gasteiger partial charge on any atom is 0.267 e. The number of carbonyl (C=O) groups excluding carboxylic acids is 2. The first-order valence-corrected chi connectivity index (χ1v) is 7.55. The Morgan fingerprint density at radius 3 is 2.76 bits per heavy atom. The van der Waals surface area contributed by atoms with E-state index in [1.54, 1.807) is 17.4 Å². The molecular weight excluding hydrogens is 286 g/mol. The number of thiophene rings is 1. The van der Waals surface area contributed by atoms with Crippen LogP contribution < -0.4 is 11.1 Å². The van der Waals surface area contributed by atoms with Gasteiger partial charge in [-0.2, -0.15) is 0 Å². The number of nitrogens with one attached hydrogen (secondary N) is 1. The second kappa shape index (κ2) is 5.29. The molecule has 6 heteroatoms. The average molecular weight is 301 g/mol. The minimum absolute atomic E-state index is 0.00132. The van der Waals surface area contributed by atoms with Gasteiger partial charge >= 0.3 is 0 Å². The van der Waals surface area contributed by atoms with Crippen molar-refractivity contribution in [3.05, 3.63) is 45.9 Å².